The van der Waals surface area contributed by atoms with Gasteiger partial charge in [-0.25, -0.2) is 9.78 Å². The summed E-state index contributed by atoms with van der Waals surface area (Å²) >= 11 is 0. The number of fused-ring (bicyclic) bond motifs is 1. The second kappa shape index (κ2) is 9.26. The Morgan fingerprint density at radius 2 is 1.97 bits per heavy atom. The van der Waals surface area contributed by atoms with Gasteiger partial charge in [0.1, 0.15) is 23.7 Å². The number of nitrogens with zero attached hydrogens (tertiary/aromatic N) is 2. The van der Waals surface area contributed by atoms with Crippen molar-refractivity contribution in [1.29, 1.82) is 0 Å². The van der Waals surface area contributed by atoms with E-state index in [1.54, 1.807) is 0 Å². The number of amides is 1. The molecule has 0 bridgehead atoms. The molecule has 0 fully saturated rings. The monoisotopic (exact) mass is 455 g/mol. The molecule has 0 saturated carbocycles. The molecule has 0 aliphatic heterocycles. The third kappa shape index (κ3) is 5.17. The topological polar surface area (TPSA) is 131 Å². The van der Waals surface area contributed by atoms with Crippen LogP contribution in [-0.2, 0) is 29.2 Å². The molecule has 0 atom stereocenters. The van der Waals surface area contributed by atoms with Gasteiger partial charge in [0.15, 0.2) is 5.65 Å². The number of aryl methyl sites for hydroxylation is 2. The summed E-state index contributed by atoms with van der Waals surface area (Å²) in [6, 6.07) is 2.77. The smallest absolute Gasteiger partial charge is 0.416 e. The number of halogens is 3. The number of benzene rings is 1. The third-order valence-corrected chi connectivity index (χ3v) is 4.52. The van der Waals surface area contributed by atoms with Gasteiger partial charge in [-0.2, -0.15) is 13.2 Å². The number of H-pyrrole nitrogens is 2. The van der Waals surface area contributed by atoms with Gasteiger partial charge in [-0.3, -0.25) is 19.1 Å². The van der Waals surface area contributed by atoms with E-state index in [0.29, 0.717) is 0 Å². The number of anilines is 1. The molecule has 0 aliphatic rings. The molecule has 1 aromatic carbocycles. The number of carbonyl (C=O) groups is 1. The highest BCUT2D eigenvalue weighted by atomic mass is 19.4. The maximum absolute atomic E-state index is 13.1. The van der Waals surface area contributed by atoms with E-state index in [1.807, 2.05) is 0 Å². The summed E-state index contributed by atoms with van der Waals surface area (Å²) in [5.41, 5.74) is -2.15. The Kier molecular flexibility index (Phi) is 6.67. The van der Waals surface area contributed by atoms with Crippen LogP contribution in [0.15, 0.2) is 27.8 Å². The molecule has 32 heavy (non-hydrogen) atoms. The van der Waals surface area contributed by atoms with Crippen molar-refractivity contribution in [2.24, 2.45) is 7.05 Å². The molecular weight excluding hydrogens is 435 g/mol. The molecule has 172 valence electrons. The van der Waals surface area contributed by atoms with E-state index >= 15 is 0 Å². The molecule has 1 amide bonds. The summed E-state index contributed by atoms with van der Waals surface area (Å²) in [5, 5.41) is 2.42. The zero-order chi connectivity index (χ0) is 23.5. The number of methoxy groups -OCH3 is 1. The first-order valence-electron chi connectivity index (χ1n) is 9.41. The number of nitrogens with one attached hydrogen (secondary N) is 3. The lowest BCUT2D eigenvalue weighted by Crippen LogP contribution is -2.28. The van der Waals surface area contributed by atoms with Crippen LogP contribution in [0.1, 0.15) is 17.8 Å². The predicted molar refractivity (Wildman–Crippen MR) is 108 cm³/mol. The van der Waals surface area contributed by atoms with E-state index in [9.17, 15) is 27.6 Å². The van der Waals surface area contributed by atoms with Crippen molar-refractivity contribution in [3.8, 4) is 5.75 Å². The first-order chi connectivity index (χ1) is 15.1. The molecule has 3 aromatic rings. The van der Waals surface area contributed by atoms with Crippen molar-refractivity contribution in [2.45, 2.75) is 19.0 Å². The fourth-order valence-electron chi connectivity index (χ4n) is 2.88. The van der Waals surface area contributed by atoms with E-state index < -0.39 is 28.9 Å². The summed E-state index contributed by atoms with van der Waals surface area (Å²) in [5.74, 6) is -0.264. The van der Waals surface area contributed by atoms with Crippen LogP contribution in [0.2, 0.25) is 0 Å². The predicted octanol–water partition coefficient (Wildman–Crippen LogP) is 1.57. The third-order valence-electron chi connectivity index (χ3n) is 4.52. The molecule has 0 spiro atoms. The Hall–Kier alpha value is -3.61. The maximum atomic E-state index is 13.1. The zero-order valence-corrected chi connectivity index (χ0v) is 17.1. The van der Waals surface area contributed by atoms with Gasteiger partial charge in [0, 0.05) is 27.0 Å². The molecule has 2 aromatic heterocycles. The molecule has 3 rings (SSSR count). The quantitative estimate of drug-likeness (QED) is 0.442. The van der Waals surface area contributed by atoms with Crippen molar-refractivity contribution < 1.29 is 27.4 Å². The SMILES string of the molecule is COCCOc1ccc(C(F)(F)F)cc1NC(=O)CCc1nc2c([nH]1)c(=O)[nH]c(=O)n2C. The van der Waals surface area contributed by atoms with E-state index in [2.05, 4.69) is 20.3 Å². The average Bonchev–Trinajstić information content (AvgIpc) is 3.16. The van der Waals surface area contributed by atoms with Crippen molar-refractivity contribution in [3.05, 3.63) is 50.4 Å². The van der Waals surface area contributed by atoms with Crippen molar-refractivity contribution in [2.75, 3.05) is 25.6 Å². The molecule has 0 radical (unpaired) electrons. The zero-order valence-electron chi connectivity index (χ0n) is 17.1. The Labute approximate surface area is 178 Å². The fourth-order valence-corrected chi connectivity index (χ4v) is 2.88. The highest BCUT2D eigenvalue weighted by molar-refractivity contribution is 5.92. The minimum atomic E-state index is -4.60. The number of rotatable bonds is 8. The van der Waals surface area contributed by atoms with Gasteiger partial charge in [0.05, 0.1) is 17.9 Å². The molecule has 13 heteroatoms. The van der Waals surface area contributed by atoms with Gasteiger partial charge < -0.3 is 19.8 Å². The second-order valence-corrected chi connectivity index (χ2v) is 6.80. The summed E-state index contributed by atoms with van der Waals surface area (Å²) in [4.78, 5) is 44.9. The lowest BCUT2D eigenvalue weighted by atomic mass is 10.1. The van der Waals surface area contributed by atoms with Crippen LogP contribution in [0.4, 0.5) is 18.9 Å². The van der Waals surface area contributed by atoms with E-state index in [0.717, 1.165) is 22.8 Å². The van der Waals surface area contributed by atoms with Crippen LogP contribution in [0, 0.1) is 0 Å². The van der Waals surface area contributed by atoms with Crippen molar-refractivity contribution >= 4 is 22.8 Å². The number of hydrogen-bond acceptors (Lipinski definition) is 6. The van der Waals surface area contributed by atoms with Crippen LogP contribution >= 0.6 is 0 Å². The largest absolute Gasteiger partial charge is 0.489 e. The van der Waals surface area contributed by atoms with Gasteiger partial charge in [-0.15, -0.1) is 0 Å². The molecule has 2 heterocycles. The minimum absolute atomic E-state index is 0.0486. The van der Waals surface area contributed by atoms with Crippen LogP contribution in [0.5, 0.6) is 5.75 Å². The highest BCUT2D eigenvalue weighted by Crippen LogP contribution is 2.35. The molecule has 0 unspecified atom stereocenters. The maximum Gasteiger partial charge on any atom is 0.416 e. The number of aromatic nitrogens is 4. The Bertz CT molecular complexity index is 1240. The van der Waals surface area contributed by atoms with E-state index in [-0.39, 0.29) is 54.5 Å². The van der Waals surface area contributed by atoms with Gasteiger partial charge in [0.2, 0.25) is 5.91 Å². The molecule has 10 nitrogen and oxygen atoms in total. The molecule has 0 aliphatic carbocycles. The lowest BCUT2D eigenvalue weighted by molar-refractivity contribution is -0.137. The van der Waals surface area contributed by atoms with Gasteiger partial charge in [-0.05, 0) is 18.2 Å². The summed E-state index contributed by atoms with van der Waals surface area (Å²) < 4.78 is 50.6. The van der Waals surface area contributed by atoms with Crippen molar-refractivity contribution in [1.82, 2.24) is 19.5 Å². The summed E-state index contributed by atoms with van der Waals surface area (Å²) in [7, 11) is 2.87. The number of hydrogen-bond donors (Lipinski definition) is 3. The number of ether oxygens (including phenoxy) is 2. The van der Waals surface area contributed by atoms with E-state index in [4.69, 9.17) is 9.47 Å². The van der Waals surface area contributed by atoms with Gasteiger partial charge in [-0.1, -0.05) is 0 Å². The standard InChI is InChI=1S/C19H20F3N5O5/c1-27-16-15(17(29)26-18(27)30)24-13(25-16)5-6-14(28)23-11-9-10(19(20,21)22)3-4-12(11)32-8-7-31-2/h3-4,9H,5-8H2,1-2H3,(H,23,28)(H,24,25)(H,26,29,30). The number of carbonyl (C=O) groups excluding carboxylic acids is 1. The fraction of sp³-hybridized carbons (Fsp3) is 0.368. The molecule has 0 saturated heterocycles. The lowest BCUT2D eigenvalue weighted by Gasteiger charge is -2.15. The van der Waals surface area contributed by atoms with Crippen LogP contribution in [-0.4, -0.2) is 45.7 Å². The summed E-state index contributed by atoms with van der Waals surface area (Å²) in [6.07, 6.45) is -4.70. The number of aromatic amines is 2. The van der Waals surface area contributed by atoms with Crippen molar-refractivity contribution in [3.63, 3.8) is 0 Å². The Morgan fingerprint density at radius 1 is 1.22 bits per heavy atom. The Morgan fingerprint density at radius 3 is 2.66 bits per heavy atom. The molecule has 3 N–H and O–H groups in total. The van der Waals surface area contributed by atoms with Crippen LogP contribution in [0.25, 0.3) is 11.2 Å². The summed E-state index contributed by atoms with van der Waals surface area (Å²) in [6.45, 7) is 0.291. The first-order valence-corrected chi connectivity index (χ1v) is 9.41. The number of imidazole rings is 1. The molecular formula is C19H20F3N5O5. The second-order valence-electron chi connectivity index (χ2n) is 6.80. The van der Waals surface area contributed by atoms with Gasteiger partial charge >= 0.3 is 11.9 Å². The number of alkyl halides is 3. The first kappa shape index (κ1) is 23.1. The van der Waals surface area contributed by atoms with Crippen LogP contribution in [0.3, 0.4) is 0 Å². The Balaban J connectivity index is 1.75. The van der Waals surface area contributed by atoms with Crippen LogP contribution < -0.4 is 21.3 Å². The van der Waals surface area contributed by atoms with E-state index in [1.165, 1.54) is 14.2 Å². The van der Waals surface area contributed by atoms with Gasteiger partial charge in [0.25, 0.3) is 5.56 Å². The normalized spacial score (nSPS) is 11.7. The average molecular weight is 455 g/mol. The highest BCUT2D eigenvalue weighted by Gasteiger charge is 2.31. The minimum Gasteiger partial charge on any atom is -0.489 e.